The van der Waals surface area contributed by atoms with E-state index in [1.54, 1.807) is 0 Å². The quantitative estimate of drug-likeness (QED) is 0.350. The summed E-state index contributed by atoms with van der Waals surface area (Å²) >= 11 is 0. The molecule has 1 saturated heterocycles. The molecule has 0 bridgehead atoms. The van der Waals surface area contributed by atoms with Crippen molar-refractivity contribution in [1.82, 2.24) is 0 Å². The molecule has 1 heterocycles. The Bertz CT molecular complexity index is 435. The molecule has 1 aliphatic heterocycles. The van der Waals surface area contributed by atoms with Gasteiger partial charge in [-0.15, -0.1) is 9.42 Å². The molecule has 21 heavy (non-hydrogen) atoms. The van der Waals surface area contributed by atoms with Gasteiger partial charge in [0.1, 0.15) is 18.3 Å². The van der Waals surface area contributed by atoms with Crippen molar-refractivity contribution in [1.29, 1.82) is 0 Å². The SMILES string of the molecule is O=[P+](O)OC1C(CO)OC(OCC23CC2(O)C3)C(O)C1O. The van der Waals surface area contributed by atoms with E-state index in [4.69, 9.17) is 14.4 Å². The van der Waals surface area contributed by atoms with Crippen LogP contribution in [-0.2, 0) is 18.6 Å². The lowest BCUT2D eigenvalue weighted by Gasteiger charge is -2.39. The minimum Gasteiger partial charge on any atom is -0.394 e. The van der Waals surface area contributed by atoms with Crippen molar-refractivity contribution in [2.75, 3.05) is 13.2 Å². The lowest BCUT2D eigenvalue weighted by molar-refractivity contribution is -0.299. The van der Waals surface area contributed by atoms with Crippen LogP contribution in [0.4, 0.5) is 0 Å². The van der Waals surface area contributed by atoms with Crippen LogP contribution in [0.2, 0.25) is 0 Å². The lowest BCUT2D eigenvalue weighted by Crippen LogP contribution is -2.59. The van der Waals surface area contributed by atoms with Gasteiger partial charge in [0, 0.05) is 9.98 Å². The molecule has 10 heteroatoms. The van der Waals surface area contributed by atoms with Crippen LogP contribution in [0.3, 0.4) is 0 Å². The van der Waals surface area contributed by atoms with Crippen molar-refractivity contribution in [2.24, 2.45) is 5.41 Å². The Morgan fingerprint density at radius 1 is 1.29 bits per heavy atom. The van der Waals surface area contributed by atoms with Crippen LogP contribution in [0.5, 0.6) is 0 Å². The summed E-state index contributed by atoms with van der Waals surface area (Å²) in [6, 6.07) is 0. The zero-order valence-corrected chi connectivity index (χ0v) is 11.9. The highest BCUT2D eigenvalue weighted by Crippen LogP contribution is 2.78. The fourth-order valence-electron chi connectivity index (χ4n) is 2.88. The lowest BCUT2D eigenvalue weighted by atomic mass is 9.99. The molecule has 2 aliphatic carbocycles. The highest BCUT2D eigenvalue weighted by atomic mass is 31.1. The summed E-state index contributed by atoms with van der Waals surface area (Å²) in [6.45, 7) is -0.400. The number of aliphatic hydroxyl groups excluding tert-OH is 3. The van der Waals surface area contributed by atoms with E-state index < -0.39 is 51.2 Å². The Kier molecular flexibility index (Phi) is 3.85. The highest BCUT2D eigenvalue weighted by Gasteiger charge is 2.83. The number of fused-ring (bicyclic) bond motifs is 1. The smallest absolute Gasteiger partial charge is 0.394 e. The van der Waals surface area contributed by atoms with E-state index in [0.717, 1.165) is 0 Å². The van der Waals surface area contributed by atoms with Crippen molar-refractivity contribution >= 4 is 8.25 Å². The van der Waals surface area contributed by atoms with Gasteiger partial charge in [0.05, 0.1) is 18.8 Å². The van der Waals surface area contributed by atoms with Gasteiger partial charge in [-0.2, -0.15) is 0 Å². The Hall–Kier alpha value is -0.220. The first-order valence-electron chi connectivity index (χ1n) is 6.61. The molecule has 3 fully saturated rings. The maximum atomic E-state index is 10.7. The average Bonchev–Trinajstić information content (AvgIpc) is 3.18. The first kappa shape index (κ1) is 15.7. The van der Waals surface area contributed by atoms with E-state index in [1.807, 2.05) is 0 Å². The standard InChI is InChI=1S/C11H17O9P/c12-1-5-8(20-21(16)17)6(13)7(14)9(19-5)18-4-10-2-11(10,15)3-10/h5-9,12-15H,1-4H2/p+1. The van der Waals surface area contributed by atoms with Crippen molar-refractivity contribution in [3.05, 3.63) is 0 Å². The number of rotatable bonds is 6. The Morgan fingerprint density at radius 3 is 2.38 bits per heavy atom. The summed E-state index contributed by atoms with van der Waals surface area (Å²) in [5.74, 6) is 0. The molecule has 0 aromatic heterocycles. The van der Waals surface area contributed by atoms with Crippen molar-refractivity contribution in [3.63, 3.8) is 0 Å². The molecule has 0 spiro atoms. The summed E-state index contributed by atoms with van der Waals surface area (Å²) in [7, 11) is -3.02. The van der Waals surface area contributed by atoms with Crippen LogP contribution in [0.15, 0.2) is 0 Å². The summed E-state index contributed by atoms with van der Waals surface area (Å²) in [4.78, 5) is 8.74. The summed E-state index contributed by atoms with van der Waals surface area (Å²) < 4.78 is 26.0. The largest absolute Gasteiger partial charge is 0.695 e. The molecule has 3 rings (SSSR count). The fourth-order valence-corrected chi connectivity index (χ4v) is 3.35. The minimum atomic E-state index is -3.02. The van der Waals surface area contributed by atoms with Gasteiger partial charge in [-0.25, -0.2) is 0 Å². The highest BCUT2D eigenvalue weighted by molar-refractivity contribution is 7.32. The molecular weight excluding hydrogens is 307 g/mol. The zero-order chi connectivity index (χ0) is 15.4. The minimum absolute atomic E-state index is 0.176. The second kappa shape index (κ2) is 5.16. The normalized spacial score (nSPS) is 52.2. The average molecular weight is 325 g/mol. The van der Waals surface area contributed by atoms with Gasteiger partial charge in [0.2, 0.25) is 0 Å². The van der Waals surface area contributed by atoms with Gasteiger partial charge in [-0.3, -0.25) is 0 Å². The molecule has 9 nitrogen and oxygen atoms in total. The Labute approximate surface area is 121 Å². The van der Waals surface area contributed by atoms with Gasteiger partial charge in [0.25, 0.3) is 0 Å². The van der Waals surface area contributed by atoms with Crippen LogP contribution in [0, 0.1) is 5.41 Å². The first-order valence-corrected chi connectivity index (χ1v) is 7.74. The van der Waals surface area contributed by atoms with Gasteiger partial charge in [-0.1, -0.05) is 0 Å². The van der Waals surface area contributed by atoms with Crippen LogP contribution >= 0.6 is 8.25 Å². The van der Waals surface area contributed by atoms with Gasteiger partial charge >= 0.3 is 8.25 Å². The third kappa shape index (κ3) is 2.63. The second-order valence-electron chi connectivity index (χ2n) is 5.99. The molecule has 3 aliphatic rings. The van der Waals surface area contributed by atoms with Gasteiger partial charge in [-0.05, 0) is 12.8 Å². The molecule has 5 N–H and O–H groups in total. The van der Waals surface area contributed by atoms with Crippen LogP contribution in [0.25, 0.3) is 0 Å². The van der Waals surface area contributed by atoms with E-state index in [9.17, 15) is 25.0 Å². The zero-order valence-electron chi connectivity index (χ0n) is 11.0. The van der Waals surface area contributed by atoms with Crippen molar-refractivity contribution in [2.45, 2.75) is 49.1 Å². The third-order valence-electron chi connectivity index (χ3n) is 4.56. The van der Waals surface area contributed by atoms with Gasteiger partial charge < -0.3 is 29.9 Å². The molecule has 0 aromatic rings. The third-order valence-corrected chi connectivity index (χ3v) is 4.98. The number of hydrogen-bond acceptors (Lipinski definition) is 8. The maximum Gasteiger partial charge on any atom is 0.695 e. The summed E-state index contributed by atoms with van der Waals surface area (Å²) in [5, 5.41) is 38.8. The predicted molar refractivity (Wildman–Crippen MR) is 65.0 cm³/mol. The molecule has 0 radical (unpaired) electrons. The van der Waals surface area contributed by atoms with Crippen LogP contribution in [-0.4, -0.2) is 74.8 Å². The van der Waals surface area contributed by atoms with E-state index in [-0.39, 0.29) is 12.0 Å². The molecule has 120 valence electrons. The maximum absolute atomic E-state index is 10.7. The Morgan fingerprint density at radius 2 is 1.90 bits per heavy atom. The summed E-state index contributed by atoms with van der Waals surface area (Å²) in [6.07, 6.45) is -5.38. The van der Waals surface area contributed by atoms with Crippen LogP contribution in [0.1, 0.15) is 12.8 Å². The monoisotopic (exact) mass is 325 g/mol. The van der Waals surface area contributed by atoms with Crippen molar-refractivity contribution in [3.8, 4) is 0 Å². The number of aliphatic hydroxyl groups is 4. The van der Waals surface area contributed by atoms with Crippen LogP contribution < -0.4 is 0 Å². The first-order chi connectivity index (χ1) is 9.82. The predicted octanol–water partition coefficient (Wildman–Crippen LogP) is -2.00. The Balaban J connectivity index is 1.60. The van der Waals surface area contributed by atoms with E-state index in [0.29, 0.717) is 12.8 Å². The molecule has 0 aromatic carbocycles. The molecule has 6 atom stereocenters. The van der Waals surface area contributed by atoms with E-state index in [2.05, 4.69) is 4.52 Å². The van der Waals surface area contributed by atoms with Gasteiger partial charge in [0.15, 0.2) is 12.4 Å². The molecule has 0 amide bonds. The van der Waals surface area contributed by atoms with E-state index >= 15 is 0 Å². The number of ether oxygens (including phenoxy) is 2. The molecule has 2 saturated carbocycles. The molecular formula is C11H18O9P+. The molecule has 6 unspecified atom stereocenters. The van der Waals surface area contributed by atoms with E-state index in [1.165, 1.54) is 0 Å². The second-order valence-corrected chi connectivity index (χ2v) is 6.68. The topological polar surface area (TPSA) is 146 Å². The number of hydrogen-bond donors (Lipinski definition) is 5. The summed E-state index contributed by atoms with van der Waals surface area (Å²) in [5.41, 5.74) is -0.917. The fraction of sp³-hybridized carbons (Fsp3) is 1.00. The van der Waals surface area contributed by atoms with Crippen molar-refractivity contribution < 1.29 is 43.9 Å².